The standard InChI is InChI=1S/C11H9ClN2/c12-11-3-1-2-9(7-11)6-10-4-5-13-14-8-10/h1-5,7-8H,6H2. The number of nitrogens with zero attached hydrogens (tertiary/aromatic N) is 2. The molecule has 2 rings (SSSR count). The van der Waals surface area contributed by atoms with Crippen molar-refractivity contribution in [1.82, 2.24) is 10.2 Å². The summed E-state index contributed by atoms with van der Waals surface area (Å²) in [5, 5.41) is 8.32. The fourth-order valence-corrected chi connectivity index (χ4v) is 1.52. The first-order valence-corrected chi connectivity index (χ1v) is 4.72. The summed E-state index contributed by atoms with van der Waals surface area (Å²) in [6.45, 7) is 0. The quantitative estimate of drug-likeness (QED) is 0.752. The van der Waals surface area contributed by atoms with Gasteiger partial charge in [-0.3, -0.25) is 0 Å². The van der Waals surface area contributed by atoms with Crippen molar-refractivity contribution in [3.05, 3.63) is 58.9 Å². The van der Waals surface area contributed by atoms with Crippen LogP contribution in [-0.4, -0.2) is 10.2 Å². The maximum atomic E-state index is 5.88. The Morgan fingerprint density at radius 1 is 1.07 bits per heavy atom. The van der Waals surface area contributed by atoms with Gasteiger partial charge in [0.1, 0.15) is 0 Å². The first-order valence-electron chi connectivity index (χ1n) is 4.34. The van der Waals surface area contributed by atoms with E-state index >= 15 is 0 Å². The largest absolute Gasteiger partial charge is 0.159 e. The van der Waals surface area contributed by atoms with Gasteiger partial charge < -0.3 is 0 Å². The van der Waals surface area contributed by atoms with Crippen molar-refractivity contribution >= 4 is 11.6 Å². The third kappa shape index (κ3) is 2.30. The number of halogens is 1. The third-order valence-corrected chi connectivity index (χ3v) is 2.18. The molecular weight excluding hydrogens is 196 g/mol. The van der Waals surface area contributed by atoms with Crippen molar-refractivity contribution in [2.24, 2.45) is 0 Å². The molecule has 1 aromatic heterocycles. The molecule has 3 heteroatoms. The van der Waals surface area contributed by atoms with Gasteiger partial charge in [-0.1, -0.05) is 23.7 Å². The van der Waals surface area contributed by atoms with E-state index < -0.39 is 0 Å². The van der Waals surface area contributed by atoms with Gasteiger partial charge in [0.15, 0.2) is 0 Å². The van der Waals surface area contributed by atoms with Crippen LogP contribution in [0.15, 0.2) is 42.7 Å². The highest BCUT2D eigenvalue weighted by Crippen LogP contribution is 2.13. The lowest BCUT2D eigenvalue weighted by Gasteiger charge is -2.00. The van der Waals surface area contributed by atoms with E-state index in [0.717, 1.165) is 17.0 Å². The Morgan fingerprint density at radius 2 is 2.00 bits per heavy atom. The van der Waals surface area contributed by atoms with Crippen LogP contribution in [0.25, 0.3) is 0 Å². The number of aromatic nitrogens is 2. The summed E-state index contributed by atoms with van der Waals surface area (Å²) in [5.41, 5.74) is 2.33. The molecule has 0 amide bonds. The van der Waals surface area contributed by atoms with Gasteiger partial charge in [-0.25, -0.2) is 0 Å². The maximum absolute atomic E-state index is 5.88. The van der Waals surface area contributed by atoms with Crippen molar-refractivity contribution in [2.45, 2.75) is 6.42 Å². The van der Waals surface area contributed by atoms with Gasteiger partial charge in [-0.2, -0.15) is 10.2 Å². The third-order valence-electron chi connectivity index (χ3n) is 1.94. The molecule has 2 nitrogen and oxygen atoms in total. The zero-order chi connectivity index (χ0) is 9.80. The summed E-state index contributed by atoms with van der Waals surface area (Å²) in [4.78, 5) is 0. The van der Waals surface area contributed by atoms with Crippen LogP contribution in [0.1, 0.15) is 11.1 Å². The summed E-state index contributed by atoms with van der Waals surface area (Å²) < 4.78 is 0. The van der Waals surface area contributed by atoms with Crippen LogP contribution in [0.2, 0.25) is 5.02 Å². The Bertz CT molecular complexity index is 415. The van der Waals surface area contributed by atoms with E-state index in [1.54, 1.807) is 12.4 Å². The summed E-state index contributed by atoms with van der Waals surface area (Å²) in [6, 6.07) is 9.78. The molecule has 70 valence electrons. The molecule has 0 unspecified atom stereocenters. The lowest BCUT2D eigenvalue weighted by atomic mass is 10.1. The molecule has 0 saturated carbocycles. The Morgan fingerprint density at radius 3 is 2.71 bits per heavy atom. The summed E-state index contributed by atoms with van der Waals surface area (Å²) >= 11 is 5.88. The van der Waals surface area contributed by atoms with Gasteiger partial charge in [-0.15, -0.1) is 0 Å². The number of hydrogen-bond donors (Lipinski definition) is 0. The lowest BCUT2D eigenvalue weighted by molar-refractivity contribution is 0.994. The minimum absolute atomic E-state index is 0.768. The average Bonchev–Trinajstić information content (AvgIpc) is 2.19. The smallest absolute Gasteiger partial charge is 0.0531 e. The Labute approximate surface area is 87.6 Å². The van der Waals surface area contributed by atoms with E-state index in [9.17, 15) is 0 Å². The van der Waals surface area contributed by atoms with Gasteiger partial charge in [0.25, 0.3) is 0 Å². The molecule has 0 atom stereocenters. The number of rotatable bonds is 2. The molecular formula is C11H9ClN2. The second-order valence-electron chi connectivity index (χ2n) is 3.06. The fraction of sp³-hybridized carbons (Fsp3) is 0.0909. The summed E-state index contributed by atoms with van der Waals surface area (Å²) in [6.07, 6.45) is 4.30. The molecule has 1 heterocycles. The topological polar surface area (TPSA) is 25.8 Å². The van der Waals surface area contributed by atoms with E-state index in [2.05, 4.69) is 10.2 Å². The Hall–Kier alpha value is -1.41. The van der Waals surface area contributed by atoms with E-state index in [1.807, 2.05) is 30.3 Å². The SMILES string of the molecule is Clc1cccc(Cc2ccnnc2)c1. The highest BCUT2D eigenvalue weighted by Gasteiger charge is 1.96. The molecule has 0 aliphatic rings. The molecule has 1 aromatic carbocycles. The zero-order valence-electron chi connectivity index (χ0n) is 7.52. The van der Waals surface area contributed by atoms with Crippen LogP contribution < -0.4 is 0 Å². The second kappa shape index (κ2) is 4.20. The second-order valence-corrected chi connectivity index (χ2v) is 3.49. The normalized spacial score (nSPS) is 10.1. The molecule has 0 saturated heterocycles. The molecule has 0 aliphatic heterocycles. The van der Waals surface area contributed by atoms with Crippen LogP contribution in [0.4, 0.5) is 0 Å². The van der Waals surface area contributed by atoms with Crippen LogP contribution in [0.3, 0.4) is 0 Å². The van der Waals surface area contributed by atoms with Crippen molar-refractivity contribution in [2.75, 3.05) is 0 Å². The highest BCUT2D eigenvalue weighted by atomic mass is 35.5. The number of benzene rings is 1. The molecule has 0 radical (unpaired) electrons. The fourth-order valence-electron chi connectivity index (χ4n) is 1.31. The monoisotopic (exact) mass is 204 g/mol. The summed E-state index contributed by atoms with van der Waals surface area (Å²) in [7, 11) is 0. The molecule has 0 bridgehead atoms. The maximum Gasteiger partial charge on any atom is 0.0531 e. The molecule has 0 spiro atoms. The van der Waals surface area contributed by atoms with E-state index in [-0.39, 0.29) is 0 Å². The lowest BCUT2D eigenvalue weighted by Crippen LogP contribution is -1.89. The van der Waals surface area contributed by atoms with Crippen LogP contribution >= 0.6 is 11.6 Å². The molecule has 2 aromatic rings. The van der Waals surface area contributed by atoms with E-state index in [4.69, 9.17) is 11.6 Å². The van der Waals surface area contributed by atoms with Gasteiger partial charge in [0, 0.05) is 11.2 Å². The first-order chi connectivity index (χ1) is 6.84. The van der Waals surface area contributed by atoms with Crippen LogP contribution in [-0.2, 0) is 6.42 Å². The first kappa shape index (κ1) is 9.16. The zero-order valence-corrected chi connectivity index (χ0v) is 8.28. The van der Waals surface area contributed by atoms with Crippen molar-refractivity contribution in [3.63, 3.8) is 0 Å². The van der Waals surface area contributed by atoms with Crippen LogP contribution in [0.5, 0.6) is 0 Å². The molecule has 0 fully saturated rings. The van der Waals surface area contributed by atoms with Crippen LogP contribution in [0, 0.1) is 0 Å². The highest BCUT2D eigenvalue weighted by molar-refractivity contribution is 6.30. The average molecular weight is 205 g/mol. The van der Waals surface area contributed by atoms with Gasteiger partial charge >= 0.3 is 0 Å². The molecule has 0 N–H and O–H groups in total. The van der Waals surface area contributed by atoms with E-state index in [1.165, 1.54) is 5.56 Å². The van der Waals surface area contributed by atoms with Crippen molar-refractivity contribution in [1.29, 1.82) is 0 Å². The number of hydrogen-bond acceptors (Lipinski definition) is 2. The predicted octanol–water partition coefficient (Wildman–Crippen LogP) is 2.72. The predicted molar refractivity (Wildman–Crippen MR) is 56.3 cm³/mol. The van der Waals surface area contributed by atoms with Crippen molar-refractivity contribution in [3.8, 4) is 0 Å². The van der Waals surface area contributed by atoms with Gasteiger partial charge in [0.2, 0.25) is 0 Å². The van der Waals surface area contributed by atoms with Gasteiger partial charge in [-0.05, 0) is 35.7 Å². The Kier molecular flexibility index (Phi) is 2.75. The summed E-state index contributed by atoms with van der Waals surface area (Å²) in [5.74, 6) is 0. The molecule has 14 heavy (non-hydrogen) atoms. The Balaban J connectivity index is 2.19. The minimum atomic E-state index is 0.768. The molecule has 0 aliphatic carbocycles. The van der Waals surface area contributed by atoms with E-state index in [0.29, 0.717) is 0 Å². The van der Waals surface area contributed by atoms with Gasteiger partial charge in [0.05, 0.1) is 6.20 Å². The minimum Gasteiger partial charge on any atom is -0.159 e. The van der Waals surface area contributed by atoms with Crippen molar-refractivity contribution < 1.29 is 0 Å².